The zero-order valence-electron chi connectivity index (χ0n) is 9.65. The number of hydrazine groups is 1. The van der Waals surface area contributed by atoms with Gasteiger partial charge in [0.2, 0.25) is 0 Å². The second-order valence-electron chi connectivity index (χ2n) is 4.24. The summed E-state index contributed by atoms with van der Waals surface area (Å²) in [6, 6.07) is 8.72. The summed E-state index contributed by atoms with van der Waals surface area (Å²) in [5.41, 5.74) is 4.89. The van der Waals surface area contributed by atoms with Gasteiger partial charge in [-0.15, -0.1) is 0 Å². The van der Waals surface area contributed by atoms with Crippen molar-refractivity contribution in [2.24, 2.45) is 5.84 Å². The molecule has 0 bridgehead atoms. The zero-order valence-corrected chi connectivity index (χ0v) is 9.65. The highest BCUT2D eigenvalue weighted by Crippen LogP contribution is 2.14. The Hall–Kier alpha value is -1.10. The summed E-state index contributed by atoms with van der Waals surface area (Å²) in [6.07, 6.45) is 0. The van der Waals surface area contributed by atoms with Gasteiger partial charge in [-0.05, 0) is 24.6 Å². The summed E-state index contributed by atoms with van der Waals surface area (Å²) in [5.74, 6) is 5.33. The van der Waals surface area contributed by atoms with Gasteiger partial charge < -0.3 is 10.2 Å². The van der Waals surface area contributed by atoms with Crippen molar-refractivity contribution in [3.05, 3.63) is 29.8 Å². The first-order valence-corrected chi connectivity index (χ1v) is 5.67. The van der Waals surface area contributed by atoms with Crippen LogP contribution in [0.5, 0.6) is 0 Å². The van der Waals surface area contributed by atoms with E-state index < -0.39 is 0 Å². The minimum atomic E-state index is 0.501. The third-order valence-corrected chi connectivity index (χ3v) is 3.01. The number of nitrogens with zero attached hydrogens (tertiary/aromatic N) is 1. The minimum Gasteiger partial charge on any atom is -0.379 e. The van der Waals surface area contributed by atoms with E-state index >= 15 is 0 Å². The van der Waals surface area contributed by atoms with Gasteiger partial charge in [-0.25, -0.2) is 0 Å². The highest BCUT2D eigenvalue weighted by Gasteiger charge is 2.18. The van der Waals surface area contributed by atoms with Crippen molar-refractivity contribution in [1.29, 1.82) is 0 Å². The van der Waals surface area contributed by atoms with Gasteiger partial charge in [-0.2, -0.15) is 0 Å². The van der Waals surface area contributed by atoms with Gasteiger partial charge in [0.25, 0.3) is 0 Å². The molecule has 0 aliphatic carbocycles. The Morgan fingerprint density at radius 3 is 2.81 bits per heavy atom. The summed E-state index contributed by atoms with van der Waals surface area (Å²) in [7, 11) is 0. The summed E-state index contributed by atoms with van der Waals surface area (Å²) in [6.45, 7) is 5.87. The van der Waals surface area contributed by atoms with Crippen LogP contribution in [0.25, 0.3) is 0 Å². The largest absolute Gasteiger partial charge is 0.379 e. The molecule has 0 spiro atoms. The Labute approximate surface area is 96.3 Å². The number of nitrogens with two attached hydrogens (primary N) is 1. The molecule has 0 radical (unpaired) electrons. The number of hydrogen-bond donors (Lipinski definition) is 2. The first-order chi connectivity index (χ1) is 7.79. The maximum atomic E-state index is 5.42. The average Bonchev–Trinajstić information content (AvgIpc) is 2.33. The molecule has 1 aromatic carbocycles. The fourth-order valence-electron chi connectivity index (χ4n) is 1.94. The number of rotatable bonds is 3. The molecule has 0 unspecified atom stereocenters. The van der Waals surface area contributed by atoms with E-state index in [1.807, 2.05) is 12.1 Å². The summed E-state index contributed by atoms with van der Waals surface area (Å²) in [5, 5.41) is 0. The predicted octanol–water partition coefficient (Wildman–Crippen LogP) is 1.19. The molecule has 16 heavy (non-hydrogen) atoms. The highest BCUT2D eigenvalue weighted by molar-refractivity contribution is 5.43. The number of anilines is 1. The van der Waals surface area contributed by atoms with Crippen molar-refractivity contribution < 1.29 is 4.74 Å². The Balaban J connectivity index is 1.96. The predicted molar refractivity (Wildman–Crippen MR) is 64.9 cm³/mol. The van der Waals surface area contributed by atoms with Crippen molar-refractivity contribution in [3.63, 3.8) is 0 Å². The van der Waals surface area contributed by atoms with Crippen LogP contribution in [-0.2, 0) is 11.3 Å². The van der Waals surface area contributed by atoms with Gasteiger partial charge in [-0.3, -0.25) is 10.7 Å². The minimum absolute atomic E-state index is 0.501. The zero-order chi connectivity index (χ0) is 11.4. The molecular weight excluding hydrogens is 202 g/mol. The van der Waals surface area contributed by atoms with E-state index in [-0.39, 0.29) is 0 Å². The van der Waals surface area contributed by atoms with E-state index in [2.05, 4.69) is 29.4 Å². The third-order valence-electron chi connectivity index (χ3n) is 3.01. The van der Waals surface area contributed by atoms with Crippen molar-refractivity contribution in [1.82, 2.24) is 4.90 Å². The first-order valence-electron chi connectivity index (χ1n) is 5.67. The van der Waals surface area contributed by atoms with Crippen LogP contribution in [0.3, 0.4) is 0 Å². The molecule has 1 aliphatic heterocycles. The van der Waals surface area contributed by atoms with E-state index in [0.717, 1.165) is 32.0 Å². The topological polar surface area (TPSA) is 50.5 Å². The van der Waals surface area contributed by atoms with Crippen LogP contribution in [-0.4, -0.2) is 30.7 Å². The summed E-state index contributed by atoms with van der Waals surface area (Å²) < 4.78 is 5.42. The highest BCUT2D eigenvalue weighted by atomic mass is 16.5. The van der Waals surface area contributed by atoms with Crippen LogP contribution >= 0.6 is 0 Å². The van der Waals surface area contributed by atoms with Crippen LogP contribution in [0.4, 0.5) is 5.69 Å². The van der Waals surface area contributed by atoms with Crippen molar-refractivity contribution in [3.8, 4) is 0 Å². The van der Waals surface area contributed by atoms with Gasteiger partial charge in [0, 0.05) is 24.8 Å². The molecule has 1 fully saturated rings. The summed E-state index contributed by atoms with van der Waals surface area (Å²) in [4.78, 5) is 2.44. The number of morpholine rings is 1. The van der Waals surface area contributed by atoms with E-state index in [0.29, 0.717) is 6.04 Å². The molecule has 3 N–H and O–H groups in total. The Kier molecular flexibility index (Phi) is 3.77. The van der Waals surface area contributed by atoms with Crippen molar-refractivity contribution in [2.75, 3.05) is 25.2 Å². The molecule has 4 heteroatoms. The molecule has 1 heterocycles. The number of ether oxygens (including phenoxy) is 1. The molecule has 88 valence electrons. The maximum absolute atomic E-state index is 5.42. The van der Waals surface area contributed by atoms with Crippen LogP contribution in [0.2, 0.25) is 0 Å². The van der Waals surface area contributed by atoms with E-state index in [1.54, 1.807) is 0 Å². The molecule has 1 aromatic rings. The number of benzene rings is 1. The Morgan fingerprint density at radius 1 is 1.44 bits per heavy atom. The molecule has 2 rings (SSSR count). The lowest BCUT2D eigenvalue weighted by molar-refractivity contribution is -0.00436. The maximum Gasteiger partial charge on any atom is 0.0619 e. The number of nitrogens with one attached hydrogen (secondary N) is 1. The molecule has 1 aliphatic rings. The van der Waals surface area contributed by atoms with Crippen LogP contribution in [0.1, 0.15) is 12.5 Å². The SMILES string of the molecule is C[C@@H]1COCCN1Cc1ccc(NN)cc1. The number of hydrogen-bond acceptors (Lipinski definition) is 4. The van der Waals surface area contributed by atoms with Gasteiger partial charge in [0.1, 0.15) is 0 Å². The van der Waals surface area contributed by atoms with Gasteiger partial charge in [0.05, 0.1) is 13.2 Å². The van der Waals surface area contributed by atoms with Crippen LogP contribution in [0, 0.1) is 0 Å². The van der Waals surface area contributed by atoms with E-state index in [9.17, 15) is 0 Å². The quantitative estimate of drug-likeness (QED) is 0.594. The van der Waals surface area contributed by atoms with Crippen LogP contribution < -0.4 is 11.3 Å². The lowest BCUT2D eigenvalue weighted by Gasteiger charge is -2.33. The molecule has 0 saturated carbocycles. The second-order valence-corrected chi connectivity index (χ2v) is 4.24. The first kappa shape index (κ1) is 11.4. The van der Waals surface area contributed by atoms with Gasteiger partial charge in [0.15, 0.2) is 0 Å². The Morgan fingerprint density at radius 2 is 2.19 bits per heavy atom. The number of nitrogen functional groups attached to an aromatic ring is 1. The van der Waals surface area contributed by atoms with Crippen molar-refractivity contribution >= 4 is 5.69 Å². The third kappa shape index (κ3) is 2.72. The average molecular weight is 221 g/mol. The molecule has 0 aromatic heterocycles. The lowest BCUT2D eigenvalue weighted by Crippen LogP contribution is -2.42. The fourth-order valence-corrected chi connectivity index (χ4v) is 1.94. The van der Waals surface area contributed by atoms with Crippen molar-refractivity contribution in [2.45, 2.75) is 19.5 Å². The Bertz CT molecular complexity index is 326. The molecule has 1 saturated heterocycles. The molecule has 4 nitrogen and oxygen atoms in total. The lowest BCUT2D eigenvalue weighted by atomic mass is 10.1. The molecule has 0 amide bonds. The van der Waals surface area contributed by atoms with Gasteiger partial charge >= 0.3 is 0 Å². The smallest absolute Gasteiger partial charge is 0.0619 e. The van der Waals surface area contributed by atoms with Gasteiger partial charge in [-0.1, -0.05) is 12.1 Å². The standard InChI is InChI=1S/C12H19N3O/c1-10-9-16-7-6-15(10)8-11-2-4-12(14-13)5-3-11/h2-5,10,14H,6-9,13H2,1H3/t10-/m1/s1. The molecule has 1 atom stereocenters. The van der Waals surface area contributed by atoms with E-state index in [4.69, 9.17) is 10.6 Å². The molecular formula is C12H19N3O. The fraction of sp³-hybridized carbons (Fsp3) is 0.500. The monoisotopic (exact) mass is 221 g/mol. The summed E-state index contributed by atoms with van der Waals surface area (Å²) >= 11 is 0. The normalized spacial score (nSPS) is 22.0. The van der Waals surface area contributed by atoms with Crippen LogP contribution in [0.15, 0.2) is 24.3 Å². The second kappa shape index (κ2) is 5.30. The van der Waals surface area contributed by atoms with E-state index in [1.165, 1.54) is 5.56 Å².